The number of benzene rings is 1. The van der Waals surface area contributed by atoms with Crippen molar-refractivity contribution in [1.29, 1.82) is 0 Å². The van der Waals surface area contributed by atoms with Crippen LogP contribution in [0.3, 0.4) is 0 Å². The third-order valence-corrected chi connectivity index (χ3v) is 3.60. The monoisotopic (exact) mass is 261 g/mol. The van der Waals surface area contributed by atoms with Crippen LogP contribution >= 0.6 is 0 Å². The molecule has 1 aliphatic rings. The summed E-state index contributed by atoms with van der Waals surface area (Å²) in [7, 11) is 0. The van der Waals surface area contributed by atoms with Crippen LogP contribution in [-0.4, -0.2) is 25.0 Å². The van der Waals surface area contributed by atoms with Gasteiger partial charge in [0, 0.05) is 6.42 Å². The predicted octanol–water partition coefficient (Wildman–Crippen LogP) is 2.90. The molecule has 1 aromatic rings. The summed E-state index contributed by atoms with van der Waals surface area (Å²) in [5, 5.41) is 3.23. The highest BCUT2D eigenvalue weighted by atomic mass is 16.5. The van der Waals surface area contributed by atoms with Crippen molar-refractivity contribution in [3.05, 3.63) is 29.8 Å². The zero-order chi connectivity index (χ0) is 13.7. The summed E-state index contributed by atoms with van der Waals surface area (Å²) < 4.78 is 5.78. The largest absolute Gasteiger partial charge is 0.493 e. The van der Waals surface area contributed by atoms with Gasteiger partial charge < -0.3 is 10.1 Å². The number of carbonyl (C=O) groups is 1. The number of hydrogen-bond acceptors (Lipinski definition) is 3. The molecule has 1 aliphatic heterocycles. The molecule has 0 amide bonds. The second-order valence-electron chi connectivity index (χ2n) is 5.41. The van der Waals surface area contributed by atoms with E-state index in [-0.39, 0.29) is 11.8 Å². The minimum Gasteiger partial charge on any atom is -0.493 e. The molecule has 1 fully saturated rings. The normalized spacial score (nSPS) is 18.8. The molecular weight excluding hydrogens is 238 g/mol. The first-order valence-corrected chi connectivity index (χ1v) is 7.16. The number of rotatable bonds is 6. The van der Waals surface area contributed by atoms with Crippen LogP contribution in [-0.2, 0) is 4.79 Å². The van der Waals surface area contributed by atoms with Gasteiger partial charge in [-0.25, -0.2) is 0 Å². The maximum absolute atomic E-state index is 11.9. The molecule has 0 aromatic heterocycles. The maximum Gasteiger partial charge on any atom is 0.153 e. The standard InChI is InChI=1S/C16H23NO2/c1-12(2)13-6-3-4-8-16(13)19-11-9-15(18)14-7-5-10-17-14/h3-4,6,8,12,14,17H,5,7,9-11H2,1-2H3. The van der Waals surface area contributed by atoms with E-state index in [1.807, 2.05) is 18.2 Å². The number of Topliss-reactive ketones (excluding diaryl/α,β-unsaturated/α-hetero) is 1. The number of carbonyl (C=O) groups excluding carboxylic acids is 1. The summed E-state index contributed by atoms with van der Waals surface area (Å²) >= 11 is 0. The first-order chi connectivity index (χ1) is 9.18. The van der Waals surface area contributed by atoms with E-state index in [2.05, 4.69) is 25.2 Å². The molecule has 3 nitrogen and oxygen atoms in total. The van der Waals surface area contributed by atoms with Crippen LogP contribution in [0.4, 0.5) is 0 Å². The average molecular weight is 261 g/mol. The van der Waals surface area contributed by atoms with Crippen LogP contribution in [0.2, 0.25) is 0 Å². The van der Waals surface area contributed by atoms with E-state index in [0.29, 0.717) is 18.9 Å². The average Bonchev–Trinajstić information content (AvgIpc) is 2.93. The first-order valence-electron chi connectivity index (χ1n) is 7.16. The molecule has 0 bridgehead atoms. The number of ketones is 1. The van der Waals surface area contributed by atoms with Gasteiger partial charge in [-0.05, 0) is 36.9 Å². The second kappa shape index (κ2) is 6.71. The third kappa shape index (κ3) is 3.80. The number of hydrogen-bond donors (Lipinski definition) is 1. The highest BCUT2D eigenvalue weighted by Gasteiger charge is 2.21. The molecule has 19 heavy (non-hydrogen) atoms. The van der Waals surface area contributed by atoms with Gasteiger partial charge in [-0.1, -0.05) is 32.0 Å². The van der Waals surface area contributed by atoms with E-state index >= 15 is 0 Å². The minimum atomic E-state index is 0.0592. The van der Waals surface area contributed by atoms with Gasteiger partial charge in [0.1, 0.15) is 5.75 Å². The van der Waals surface area contributed by atoms with Crippen LogP contribution in [0.25, 0.3) is 0 Å². The van der Waals surface area contributed by atoms with Gasteiger partial charge in [-0.2, -0.15) is 0 Å². The summed E-state index contributed by atoms with van der Waals surface area (Å²) in [6.07, 6.45) is 2.57. The third-order valence-electron chi connectivity index (χ3n) is 3.60. The quantitative estimate of drug-likeness (QED) is 0.855. The van der Waals surface area contributed by atoms with Crippen LogP contribution in [0.5, 0.6) is 5.75 Å². The van der Waals surface area contributed by atoms with Gasteiger partial charge in [-0.3, -0.25) is 4.79 Å². The summed E-state index contributed by atoms with van der Waals surface area (Å²) in [5.74, 6) is 1.62. The molecule has 104 valence electrons. The fraction of sp³-hybridized carbons (Fsp3) is 0.562. The Kier molecular flexibility index (Phi) is 4.97. The Morgan fingerprint density at radius 1 is 1.42 bits per heavy atom. The summed E-state index contributed by atoms with van der Waals surface area (Å²) in [6.45, 7) is 5.74. The lowest BCUT2D eigenvalue weighted by Gasteiger charge is -2.14. The first kappa shape index (κ1) is 14.1. The Balaban J connectivity index is 1.83. The maximum atomic E-state index is 11.9. The van der Waals surface area contributed by atoms with Crippen LogP contribution in [0.15, 0.2) is 24.3 Å². The van der Waals surface area contributed by atoms with E-state index < -0.39 is 0 Å². The minimum absolute atomic E-state index is 0.0592. The van der Waals surface area contributed by atoms with E-state index in [1.165, 1.54) is 5.56 Å². The Morgan fingerprint density at radius 2 is 2.21 bits per heavy atom. The molecule has 3 heteroatoms. The molecule has 1 atom stereocenters. The van der Waals surface area contributed by atoms with Crippen molar-refractivity contribution >= 4 is 5.78 Å². The summed E-state index contributed by atoms with van der Waals surface area (Å²) in [4.78, 5) is 11.9. The van der Waals surface area contributed by atoms with Crippen molar-refractivity contribution in [2.24, 2.45) is 0 Å². The lowest BCUT2D eigenvalue weighted by molar-refractivity contribution is -0.121. The zero-order valence-electron chi connectivity index (χ0n) is 11.8. The predicted molar refractivity (Wildman–Crippen MR) is 76.7 cm³/mol. The summed E-state index contributed by atoms with van der Waals surface area (Å²) in [5.41, 5.74) is 1.20. The topological polar surface area (TPSA) is 38.3 Å². The Hall–Kier alpha value is -1.35. The lowest BCUT2D eigenvalue weighted by atomic mass is 10.0. The zero-order valence-corrected chi connectivity index (χ0v) is 11.8. The van der Waals surface area contributed by atoms with Gasteiger partial charge in [0.2, 0.25) is 0 Å². The van der Waals surface area contributed by atoms with Crippen LogP contribution in [0, 0.1) is 0 Å². The highest BCUT2D eigenvalue weighted by Crippen LogP contribution is 2.25. The Morgan fingerprint density at radius 3 is 2.89 bits per heavy atom. The van der Waals surface area contributed by atoms with Crippen molar-refractivity contribution in [2.45, 2.75) is 45.1 Å². The smallest absolute Gasteiger partial charge is 0.153 e. The number of para-hydroxylation sites is 1. The highest BCUT2D eigenvalue weighted by molar-refractivity contribution is 5.84. The molecule has 1 N–H and O–H groups in total. The van der Waals surface area contributed by atoms with Gasteiger partial charge in [-0.15, -0.1) is 0 Å². The molecular formula is C16H23NO2. The fourth-order valence-corrected chi connectivity index (χ4v) is 2.48. The van der Waals surface area contributed by atoms with Crippen molar-refractivity contribution in [3.8, 4) is 5.75 Å². The second-order valence-corrected chi connectivity index (χ2v) is 5.41. The molecule has 0 radical (unpaired) electrons. The molecule has 1 heterocycles. The SMILES string of the molecule is CC(C)c1ccccc1OCCC(=O)C1CCCN1. The van der Waals surface area contributed by atoms with Gasteiger partial charge in [0.05, 0.1) is 12.6 Å². The fourth-order valence-electron chi connectivity index (χ4n) is 2.48. The van der Waals surface area contributed by atoms with E-state index in [0.717, 1.165) is 25.1 Å². The lowest BCUT2D eigenvalue weighted by Crippen LogP contribution is -2.31. The van der Waals surface area contributed by atoms with Gasteiger partial charge in [0.25, 0.3) is 0 Å². The van der Waals surface area contributed by atoms with E-state index in [1.54, 1.807) is 0 Å². The van der Waals surface area contributed by atoms with Gasteiger partial charge >= 0.3 is 0 Å². The van der Waals surface area contributed by atoms with Crippen molar-refractivity contribution in [3.63, 3.8) is 0 Å². The van der Waals surface area contributed by atoms with Crippen molar-refractivity contribution in [1.82, 2.24) is 5.32 Å². The van der Waals surface area contributed by atoms with Crippen molar-refractivity contribution < 1.29 is 9.53 Å². The van der Waals surface area contributed by atoms with Crippen LogP contribution in [0.1, 0.15) is 44.6 Å². The molecule has 1 aromatic carbocycles. The molecule has 1 unspecified atom stereocenters. The molecule has 0 aliphatic carbocycles. The number of ether oxygens (including phenoxy) is 1. The molecule has 1 saturated heterocycles. The van der Waals surface area contributed by atoms with Crippen molar-refractivity contribution in [2.75, 3.05) is 13.2 Å². The Labute approximate surface area is 115 Å². The molecule has 2 rings (SSSR count). The van der Waals surface area contributed by atoms with E-state index in [9.17, 15) is 4.79 Å². The van der Waals surface area contributed by atoms with Crippen LogP contribution < -0.4 is 10.1 Å². The molecule has 0 saturated carbocycles. The van der Waals surface area contributed by atoms with Gasteiger partial charge in [0.15, 0.2) is 5.78 Å². The number of nitrogens with one attached hydrogen (secondary N) is 1. The van der Waals surface area contributed by atoms with E-state index in [4.69, 9.17) is 4.74 Å². The molecule has 0 spiro atoms. The Bertz CT molecular complexity index is 423. The summed E-state index contributed by atoms with van der Waals surface area (Å²) in [6, 6.07) is 8.12.